The number of aromatic nitrogens is 3. The lowest BCUT2D eigenvalue weighted by molar-refractivity contribution is 0.0526. The fraction of sp³-hybridized carbons (Fsp3) is 0.182. The van der Waals surface area contributed by atoms with E-state index in [0.29, 0.717) is 18.0 Å². The van der Waals surface area contributed by atoms with Gasteiger partial charge in [0.05, 0.1) is 12.2 Å². The molecular weight excluding hydrogens is 222 g/mol. The SMILES string of the molecule is CCOC(=O)c1ccnc(-n2[nH]ccc2=O)c1. The number of carbonyl (C=O) groups excluding carboxylic acids is 1. The number of nitrogens with zero attached hydrogens (tertiary/aromatic N) is 2. The second-order valence-electron chi connectivity index (χ2n) is 3.26. The van der Waals surface area contributed by atoms with Crippen molar-refractivity contribution in [1.82, 2.24) is 14.8 Å². The molecule has 1 N–H and O–H groups in total. The largest absolute Gasteiger partial charge is 0.462 e. The summed E-state index contributed by atoms with van der Waals surface area (Å²) in [6, 6.07) is 4.41. The Hall–Kier alpha value is -2.37. The lowest BCUT2D eigenvalue weighted by Crippen LogP contribution is -2.16. The summed E-state index contributed by atoms with van der Waals surface area (Å²) in [5, 5.41) is 2.71. The van der Waals surface area contributed by atoms with Gasteiger partial charge in [-0.05, 0) is 19.1 Å². The van der Waals surface area contributed by atoms with E-state index in [0.717, 1.165) is 0 Å². The zero-order valence-corrected chi connectivity index (χ0v) is 9.21. The second-order valence-corrected chi connectivity index (χ2v) is 3.26. The Kier molecular flexibility index (Phi) is 3.04. The van der Waals surface area contributed by atoms with Crippen LogP contribution in [0, 0.1) is 0 Å². The van der Waals surface area contributed by atoms with E-state index in [2.05, 4.69) is 10.1 Å². The molecule has 0 radical (unpaired) electrons. The maximum absolute atomic E-state index is 11.5. The van der Waals surface area contributed by atoms with E-state index >= 15 is 0 Å². The summed E-state index contributed by atoms with van der Waals surface area (Å²) in [4.78, 5) is 26.9. The minimum absolute atomic E-state index is 0.237. The number of rotatable bonds is 3. The van der Waals surface area contributed by atoms with Gasteiger partial charge in [-0.3, -0.25) is 9.89 Å². The van der Waals surface area contributed by atoms with Crippen molar-refractivity contribution in [2.75, 3.05) is 6.61 Å². The van der Waals surface area contributed by atoms with Crippen LogP contribution in [-0.2, 0) is 4.74 Å². The average molecular weight is 233 g/mol. The molecule has 0 unspecified atom stereocenters. The van der Waals surface area contributed by atoms with E-state index in [1.165, 1.54) is 35.3 Å². The highest BCUT2D eigenvalue weighted by molar-refractivity contribution is 5.89. The summed E-state index contributed by atoms with van der Waals surface area (Å²) in [7, 11) is 0. The van der Waals surface area contributed by atoms with Gasteiger partial charge in [0.15, 0.2) is 5.82 Å². The molecule has 0 aliphatic heterocycles. The van der Waals surface area contributed by atoms with Crippen LogP contribution < -0.4 is 5.56 Å². The van der Waals surface area contributed by atoms with Crippen LogP contribution in [0.5, 0.6) is 0 Å². The quantitative estimate of drug-likeness (QED) is 0.793. The molecule has 0 saturated heterocycles. The number of esters is 1. The zero-order chi connectivity index (χ0) is 12.3. The molecule has 0 atom stereocenters. The van der Waals surface area contributed by atoms with Crippen LogP contribution in [-0.4, -0.2) is 27.3 Å². The molecule has 2 heterocycles. The predicted molar refractivity (Wildman–Crippen MR) is 60.1 cm³/mol. The number of hydrogen-bond donors (Lipinski definition) is 1. The van der Waals surface area contributed by atoms with Gasteiger partial charge in [0, 0.05) is 18.5 Å². The predicted octanol–water partition coefficient (Wildman–Crippen LogP) is 0.737. The summed E-state index contributed by atoms with van der Waals surface area (Å²) in [5.74, 6) is -0.0821. The van der Waals surface area contributed by atoms with Crippen LogP contribution in [0.3, 0.4) is 0 Å². The first kappa shape index (κ1) is 11.1. The molecule has 0 amide bonds. The van der Waals surface area contributed by atoms with Crippen molar-refractivity contribution in [1.29, 1.82) is 0 Å². The number of aromatic amines is 1. The summed E-state index contributed by atoms with van der Waals surface area (Å²) in [6.07, 6.45) is 2.95. The van der Waals surface area contributed by atoms with Crippen molar-refractivity contribution in [3.8, 4) is 5.82 Å². The molecule has 0 saturated carbocycles. The molecule has 6 heteroatoms. The van der Waals surface area contributed by atoms with Crippen LogP contribution in [0.1, 0.15) is 17.3 Å². The molecule has 0 aromatic carbocycles. The van der Waals surface area contributed by atoms with Crippen molar-refractivity contribution in [3.05, 3.63) is 46.5 Å². The summed E-state index contributed by atoms with van der Waals surface area (Å²) in [6.45, 7) is 2.04. The molecule has 0 bridgehead atoms. The lowest BCUT2D eigenvalue weighted by Gasteiger charge is -2.04. The number of hydrogen-bond acceptors (Lipinski definition) is 4. The fourth-order valence-corrected chi connectivity index (χ4v) is 1.38. The van der Waals surface area contributed by atoms with Gasteiger partial charge in [0.25, 0.3) is 5.56 Å². The highest BCUT2D eigenvalue weighted by Gasteiger charge is 2.09. The third-order valence-electron chi connectivity index (χ3n) is 2.14. The number of nitrogens with one attached hydrogen (secondary N) is 1. The Labute approximate surface area is 96.8 Å². The van der Waals surface area contributed by atoms with E-state index in [9.17, 15) is 9.59 Å². The first-order chi connectivity index (χ1) is 8.22. The number of H-pyrrole nitrogens is 1. The van der Waals surface area contributed by atoms with E-state index in [4.69, 9.17) is 4.74 Å². The van der Waals surface area contributed by atoms with Crippen molar-refractivity contribution in [2.45, 2.75) is 6.92 Å². The van der Waals surface area contributed by atoms with Crippen molar-refractivity contribution < 1.29 is 9.53 Å². The maximum Gasteiger partial charge on any atom is 0.338 e. The van der Waals surface area contributed by atoms with Gasteiger partial charge in [0.1, 0.15) is 0 Å². The van der Waals surface area contributed by atoms with E-state index in [1.54, 1.807) is 6.92 Å². The molecule has 0 spiro atoms. The van der Waals surface area contributed by atoms with Gasteiger partial charge in [0.2, 0.25) is 0 Å². The molecule has 0 aliphatic carbocycles. The van der Waals surface area contributed by atoms with Gasteiger partial charge < -0.3 is 4.74 Å². The topological polar surface area (TPSA) is 77.0 Å². The van der Waals surface area contributed by atoms with Crippen molar-refractivity contribution in [3.63, 3.8) is 0 Å². The van der Waals surface area contributed by atoms with Crippen LogP contribution in [0.15, 0.2) is 35.4 Å². The first-order valence-electron chi connectivity index (χ1n) is 5.12. The molecule has 17 heavy (non-hydrogen) atoms. The molecule has 0 fully saturated rings. The van der Waals surface area contributed by atoms with Gasteiger partial charge in [-0.2, -0.15) is 0 Å². The number of carbonyl (C=O) groups is 1. The minimum atomic E-state index is -0.434. The highest BCUT2D eigenvalue weighted by Crippen LogP contribution is 2.06. The maximum atomic E-state index is 11.5. The summed E-state index contributed by atoms with van der Waals surface area (Å²) < 4.78 is 6.11. The Morgan fingerprint density at radius 2 is 2.35 bits per heavy atom. The zero-order valence-electron chi connectivity index (χ0n) is 9.21. The standard InChI is InChI=1S/C11H11N3O3/c1-2-17-11(16)8-3-5-12-9(7-8)14-10(15)4-6-13-14/h3-7,13H,2H2,1H3. The van der Waals surface area contributed by atoms with Crippen LogP contribution in [0.2, 0.25) is 0 Å². The van der Waals surface area contributed by atoms with Gasteiger partial charge in [-0.15, -0.1) is 0 Å². The minimum Gasteiger partial charge on any atom is -0.462 e. The molecule has 88 valence electrons. The Morgan fingerprint density at radius 1 is 1.53 bits per heavy atom. The van der Waals surface area contributed by atoms with Gasteiger partial charge in [-0.1, -0.05) is 0 Å². The monoisotopic (exact) mass is 233 g/mol. The number of pyridine rings is 1. The third-order valence-corrected chi connectivity index (χ3v) is 2.14. The van der Waals surface area contributed by atoms with Crippen molar-refractivity contribution in [2.24, 2.45) is 0 Å². The first-order valence-corrected chi connectivity index (χ1v) is 5.12. The molecule has 2 aromatic rings. The van der Waals surface area contributed by atoms with Crippen LogP contribution in [0.25, 0.3) is 5.82 Å². The Balaban J connectivity index is 2.39. The van der Waals surface area contributed by atoms with Gasteiger partial charge >= 0.3 is 5.97 Å². The third kappa shape index (κ3) is 2.25. The van der Waals surface area contributed by atoms with Crippen molar-refractivity contribution >= 4 is 5.97 Å². The lowest BCUT2D eigenvalue weighted by atomic mass is 10.2. The van der Waals surface area contributed by atoms with Crippen LogP contribution in [0.4, 0.5) is 0 Å². The normalized spacial score (nSPS) is 10.2. The highest BCUT2D eigenvalue weighted by atomic mass is 16.5. The molecular formula is C11H11N3O3. The Bertz CT molecular complexity index is 585. The molecule has 0 aliphatic rings. The second kappa shape index (κ2) is 4.65. The smallest absolute Gasteiger partial charge is 0.338 e. The van der Waals surface area contributed by atoms with Crippen LogP contribution >= 0.6 is 0 Å². The summed E-state index contributed by atoms with van der Waals surface area (Å²) >= 11 is 0. The molecule has 2 rings (SSSR count). The van der Waals surface area contributed by atoms with E-state index in [-0.39, 0.29) is 5.56 Å². The average Bonchev–Trinajstić information content (AvgIpc) is 2.76. The molecule has 2 aromatic heterocycles. The Morgan fingerprint density at radius 3 is 3.00 bits per heavy atom. The fourth-order valence-electron chi connectivity index (χ4n) is 1.38. The van der Waals surface area contributed by atoms with E-state index < -0.39 is 5.97 Å². The molecule has 6 nitrogen and oxygen atoms in total. The van der Waals surface area contributed by atoms with E-state index in [1.807, 2.05) is 0 Å². The van der Waals surface area contributed by atoms with Gasteiger partial charge in [-0.25, -0.2) is 14.5 Å². The number of ether oxygens (including phenoxy) is 1. The summed E-state index contributed by atoms with van der Waals surface area (Å²) in [5.41, 5.74) is 0.122.